The fraction of sp³-hybridized carbons (Fsp3) is 0.208. The van der Waals surface area contributed by atoms with Gasteiger partial charge in [-0.25, -0.2) is 4.98 Å². The minimum absolute atomic E-state index is 0.347. The van der Waals surface area contributed by atoms with Gasteiger partial charge in [-0.1, -0.05) is 72.8 Å². The van der Waals surface area contributed by atoms with E-state index in [0.717, 1.165) is 24.4 Å². The quantitative estimate of drug-likeness (QED) is 0.391. The van der Waals surface area contributed by atoms with Crippen LogP contribution in [0.3, 0.4) is 0 Å². The zero-order valence-electron chi connectivity index (χ0n) is 15.6. The first-order valence-electron chi connectivity index (χ1n) is 9.52. The van der Waals surface area contributed by atoms with Crippen molar-refractivity contribution in [2.75, 3.05) is 6.54 Å². The maximum absolute atomic E-state index is 4.79. The van der Waals surface area contributed by atoms with Crippen molar-refractivity contribution in [2.24, 2.45) is 0 Å². The predicted molar refractivity (Wildman–Crippen MR) is 115 cm³/mol. The van der Waals surface area contributed by atoms with Crippen LogP contribution in [0.4, 0.5) is 0 Å². The van der Waals surface area contributed by atoms with E-state index >= 15 is 0 Å². The Balaban J connectivity index is 1.30. The Morgan fingerprint density at radius 2 is 1.63 bits per heavy atom. The Bertz CT molecular complexity index is 961. The summed E-state index contributed by atoms with van der Waals surface area (Å²) in [6.45, 7) is 3.24. The van der Waals surface area contributed by atoms with E-state index < -0.39 is 0 Å². The highest BCUT2D eigenvalue weighted by molar-refractivity contribution is 7.13. The van der Waals surface area contributed by atoms with E-state index in [1.54, 1.807) is 11.3 Å². The fourth-order valence-corrected chi connectivity index (χ4v) is 4.31. The minimum Gasteiger partial charge on any atom is -0.310 e. The molecule has 1 unspecified atom stereocenters. The molecule has 27 heavy (non-hydrogen) atoms. The number of nitrogens with one attached hydrogen (secondary N) is 1. The number of fused-ring (bicyclic) bond motifs is 1. The molecule has 2 aliphatic carbocycles. The van der Waals surface area contributed by atoms with Gasteiger partial charge in [0.15, 0.2) is 0 Å². The molecular formula is C24H24N2S. The molecule has 1 aromatic heterocycles. The normalized spacial score (nSPS) is 12.3. The first kappa shape index (κ1) is 17.9. The summed E-state index contributed by atoms with van der Waals surface area (Å²) >= 11 is 1.73. The van der Waals surface area contributed by atoms with Crippen LogP contribution in [0.15, 0.2) is 78.2 Å². The maximum atomic E-state index is 4.79. The summed E-state index contributed by atoms with van der Waals surface area (Å²) in [5.74, 6) is 0. The highest BCUT2D eigenvalue weighted by atomic mass is 32.1. The largest absolute Gasteiger partial charge is 0.310 e. The standard InChI is InChI=1S/C24H24N2S/c1-18(22-15-14-19-9-4-3-7-13-23(19)22)25-16-8-12-21-17-27-24(26-21)20-10-5-2-6-11-20/h2-7,9-11,13-15,17-18,25H,8,12,16H2,1H3. The van der Waals surface area contributed by atoms with E-state index in [1.165, 1.54) is 27.9 Å². The van der Waals surface area contributed by atoms with Crippen LogP contribution in [0.2, 0.25) is 0 Å². The smallest absolute Gasteiger partial charge is 0.123 e. The average molecular weight is 373 g/mol. The minimum atomic E-state index is 0.347. The van der Waals surface area contributed by atoms with E-state index in [9.17, 15) is 0 Å². The first-order valence-corrected chi connectivity index (χ1v) is 10.4. The molecule has 4 rings (SSSR count). The van der Waals surface area contributed by atoms with Crippen molar-refractivity contribution < 1.29 is 0 Å². The topological polar surface area (TPSA) is 24.9 Å². The van der Waals surface area contributed by atoms with Crippen LogP contribution in [0, 0.1) is 0 Å². The monoisotopic (exact) mass is 372 g/mol. The number of hydrogen-bond donors (Lipinski definition) is 1. The molecule has 1 atom stereocenters. The molecule has 1 heterocycles. The van der Waals surface area contributed by atoms with Crippen molar-refractivity contribution in [2.45, 2.75) is 25.8 Å². The summed E-state index contributed by atoms with van der Waals surface area (Å²) < 4.78 is 0. The molecule has 0 spiro atoms. The van der Waals surface area contributed by atoms with Crippen molar-refractivity contribution in [1.29, 1.82) is 0 Å². The highest BCUT2D eigenvalue weighted by Gasteiger charge is 2.13. The molecule has 1 N–H and O–H groups in total. The van der Waals surface area contributed by atoms with Crippen molar-refractivity contribution in [1.82, 2.24) is 10.3 Å². The Hall–Kier alpha value is -2.49. The van der Waals surface area contributed by atoms with Gasteiger partial charge >= 0.3 is 0 Å². The van der Waals surface area contributed by atoms with Crippen LogP contribution < -0.4 is 5.32 Å². The van der Waals surface area contributed by atoms with E-state index in [1.807, 2.05) is 6.07 Å². The lowest BCUT2D eigenvalue weighted by molar-refractivity contribution is 0.559. The van der Waals surface area contributed by atoms with Gasteiger partial charge in [0.2, 0.25) is 0 Å². The van der Waals surface area contributed by atoms with Crippen molar-refractivity contribution >= 4 is 11.3 Å². The molecule has 136 valence electrons. The lowest BCUT2D eigenvalue weighted by Gasteiger charge is -2.14. The third kappa shape index (κ3) is 4.26. The summed E-state index contributed by atoms with van der Waals surface area (Å²) in [6, 6.07) is 25.9. The van der Waals surface area contributed by atoms with Gasteiger partial charge in [0.05, 0.1) is 5.69 Å². The fourth-order valence-electron chi connectivity index (χ4n) is 3.45. The van der Waals surface area contributed by atoms with Gasteiger partial charge in [-0.2, -0.15) is 0 Å². The molecule has 0 radical (unpaired) electrons. The van der Waals surface area contributed by atoms with Crippen LogP contribution in [0.1, 0.15) is 30.6 Å². The third-order valence-electron chi connectivity index (χ3n) is 4.92. The molecule has 0 saturated heterocycles. The Morgan fingerprint density at radius 3 is 2.44 bits per heavy atom. The van der Waals surface area contributed by atoms with Gasteiger partial charge in [-0.05, 0) is 43.0 Å². The number of rotatable bonds is 7. The van der Waals surface area contributed by atoms with Crippen LogP contribution in [-0.4, -0.2) is 11.5 Å². The Labute approximate surface area is 165 Å². The highest BCUT2D eigenvalue weighted by Crippen LogP contribution is 2.31. The lowest BCUT2D eigenvalue weighted by atomic mass is 10.0. The lowest BCUT2D eigenvalue weighted by Crippen LogP contribution is -2.20. The molecular weight excluding hydrogens is 348 g/mol. The third-order valence-corrected chi connectivity index (χ3v) is 5.86. The van der Waals surface area contributed by atoms with Gasteiger partial charge in [-0.15, -0.1) is 11.3 Å². The van der Waals surface area contributed by atoms with Gasteiger partial charge in [0.1, 0.15) is 5.01 Å². The Kier molecular flexibility index (Phi) is 5.61. The van der Waals surface area contributed by atoms with Gasteiger partial charge in [-0.3, -0.25) is 0 Å². The molecule has 0 bridgehead atoms. The molecule has 0 saturated carbocycles. The van der Waals surface area contributed by atoms with Crippen molar-refractivity contribution in [3.05, 3.63) is 89.4 Å². The summed E-state index contributed by atoms with van der Waals surface area (Å²) in [5, 5.41) is 6.98. The zero-order valence-corrected chi connectivity index (χ0v) is 16.4. The first-order chi connectivity index (χ1) is 13.3. The zero-order chi connectivity index (χ0) is 18.5. The molecule has 0 aliphatic heterocycles. The number of aromatic nitrogens is 1. The predicted octanol–water partition coefficient (Wildman–Crippen LogP) is 6.20. The summed E-state index contributed by atoms with van der Waals surface area (Å²) in [5.41, 5.74) is 6.42. The van der Waals surface area contributed by atoms with Gasteiger partial charge in [0, 0.05) is 17.0 Å². The molecule has 2 nitrogen and oxygen atoms in total. The summed E-state index contributed by atoms with van der Waals surface area (Å²) in [6.07, 6.45) is 2.11. The maximum Gasteiger partial charge on any atom is 0.123 e. The molecule has 0 fully saturated rings. The van der Waals surface area contributed by atoms with E-state index in [2.05, 4.69) is 84.4 Å². The number of thiazole rings is 1. The van der Waals surface area contributed by atoms with E-state index in [4.69, 9.17) is 4.98 Å². The van der Waals surface area contributed by atoms with E-state index in [0.29, 0.717) is 6.04 Å². The average Bonchev–Trinajstić information content (AvgIpc) is 3.27. The molecule has 0 amide bonds. The molecule has 2 aliphatic rings. The Morgan fingerprint density at radius 1 is 0.889 bits per heavy atom. The molecule has 1 aromatic carbocycles. The van der Waals surface area contributed by atoms with Crippen LogP contribution in [0.5, 0.6) is 0 Å². The SMILES string of the molecule is CC(NCCCc1csc(-c2ccccc2)n1)c1ccc2cccccc1-2. The van der Waals surface area contributed by atoms with E-state index in [-0.39, 0.29) is 0 Å². The van der Waals surface area contributed by atoms with Crippen molar-refractivity contribution in [3.63, 3.8) is 0 Å². The van der Waals surface area contributed by atoms with Crippen LogP contribution in [0.25, 0.3) is 21.7 Å². The van der Waals surface area contributed by atoms with Gasteiger partial charge in [0.25, 0.3) is 0 Å². The summed E-state index contributed by atoms with van der Waals surface area (Å²) in [4.78, 5) is 4.79. The van der Waals surface area contributed by atoms with Crippen LogP contribution >= 0.6 is 11.3 Å². The second-order valence-corrected chi connectivity index (χ2v) is 7.72. The molecule has 3 heteroatoms. The van der Waals surface area contributed by atoms with Gasteiger partial charge < -0.3 is 5.32 Å². The number of aryl methyl sites for hydroxylation is 1. The summed E-state index contributed by atoms with van der Waals surface area (Å²) in [7, 11) is 0. The number of nitrogens with zero attached hydrogens (tertiary/aromatic N) is 1. The molecule has 2 aromatic rings. The second kappa shape index (κ2) is 8.47. The number of hydrogen-bond acceptors (Lipinski definition) is 3. The second-order valence-electron chi connectivity index (χ2n) is 6.86. The van der Waals surface area contributed by atoms with Crippen molar-refractivity contribution in [3.8, 4) is 21.7 Å². The van der Waals surface area contributed by atoms with Crippen LogP contribution in [-0.2, 0) is 6.42 Å². The number of benzene rings is 1.